The van der Waals surface area contributed by atoms with Gasteiger partial charge in [-0.15, -0.1) is 0 Å². The molecule has 6 heteroatoms. The number of nitro benzene ring substituents is 1. The molecule has 0 bridgehead atoms. The molecule has 23 heavy (non-hydrogen) atoms. The topological polar surface area (TPSA) is 68.9 Å². The molecule has 0 aliphatic rings. The van der Waals surface area contributed by atoms with Crippen LogP contribution >= 0.6 is 0 Å². The maximum absolute atomic E-state index is 13.3. The van der Waals surface area contributed by atoms with Gasteiger partial charge in [-0.2, -0.15) is 0 Å². The molecule has 1 aromatic heterocycles. The van der Waals surface area contributed by atoms with Crippen LogP contribution in [0.3, 0.4) is 0 Å². The van der Waals surface area contributed by atoms with Crippen LogP contribution in [0.1, 0.15) is 5.56 Å². The zero-order valence-electron chi connectivity index (χ0n) is 12.2. The Balaban J connectivity index is 2.12. The number of hydrogen-bond donors (Lipinski definition) is 0. The van der Waals surface area contributed by atoms with E-state index in [9.17, 15) is 14.5 Å². The highest BCUT2D eigenvalue weighted by atomic mass is 19.1. The first-order valence-corrected chi connectivity index (χ1v) is 6.88. The molecular formula is C17H12FN3O2. The Bertz CT molecular complexity index is 879. The Kier molecular flexibility index (Phi) is 3.80. The monoisotopic (exact) mass is 309 g/mol. The van der Waals surface area contributed by atoms with Gasteiger partial charge in [0.25, 0.3) is 5.69 Å². The number of halogens is 1. The standard InChI is InChI=1S/C17H12FN3O2/c1-11-10-13(18)4-7-15(11)17-16(19-8-9-20-17)12-2-5-14(6-3-12)21(22)23/h2-10H,1H3. The van der Waals surface area contributed by atoms with Crippen LogP contribution in [-0.2, 0) is 0 Å². The fourth-order valence-corrected chi connectivity index (χ4v) is 2.38. The van der Waals surface area contributed by atoms with Crippen LogP contribution in [0.5, 0.6) is 0 Å². The summed E-state index contributed by atoms with van der Waals surface area (Å²) in [6, 6.07) is 10.6. The summed E-state index contributed by atoms with van der Waals surface area (Å²) in [7, 11) is 0. The Morgan fingerprint density at radius 3 is 2.26 bits per heavy atom. The second-order valence-electron chi connectivity index (χ2n) is 5.02. The number of nitro groups is 1. The van der Waals surface area contributed by atoms with E-state index in [-0.39, 0.29) is 11.5 Å². The van der Waals surface area contributed by atoms with Crippen LogP contribution in [0.4, 0.5) is 10.1 Å². The van der Waals surface area contributed by atoms with Crippen LogP contribution in [-0.4, -0.2) is 14.9 Å². The van der Waals surface area contributed by atoms with Gasteiger partial charge in [-0.25, -0.2) is 4.39 Å². The van der Waals surface area contributed by atoms with Crippen molar-refractivity contribution in [2.45, 2.75) is 6.92 Å². The molecule has 3 aromatic rings. The maximum Gasteiger partial charge on any atom is 0.269 e. The molecule has 114 valence electrons. The number of rotatable bonds is 3. The molecule has 0 aliphatic heterocycles. The lowest BCUT2D eigenvalue weighted by Gasteiger charge is -2.10. The highest BCUT2D eigenvalue weighted by Crippen LogP contribution is 2.31. The van der Waals surface area contributed by atoms with Crippen molar-refractivity contribution in [1.82, 2.24) is 9.97 Å². The molecule has 0 spiro atoms. The number of aryl methyl sites for hydroxylation is 1. The minimum absolute atomic E-state index is 0.0113. The Morgan fingerprint density at radius 2 is 1.65 bits per heavy atom. The summed E-state index contributed by atoms with van der Waals surface area (Å²) in [5.41, 5.74) is 3.44. The minimum Gasteiger partial charge on any atom is -0.258 e. The molecule has 5 nitrogen and oxygen atoms in total. The quantitative estimate of drug-likeness (QED) is 0.538. The Morgan fingerprint density at radius 1 is 1.00 bits per heavy atom. The van der Waals surface area contributed by atoms with E-state index in [2.05, 4.69) is 9.97 Å². The Hall–Kier alpha value is -3.15. The van der Waals surface area contributed by atoms with Gasteiger partial charge >= 0.3 is 0 Å². The zero-order valence-corrected chi connectivity index (χ0v) is 12.2. The molecule has 0 amide bonds. The largest absolute Gasteiger partial charge is 0.269 e. The molecule has 0 aliphatic carbocycles. The van der Waals surface area contributed by atoms with Crippen molar-refractivity contribution in [2.24, 2.45) is 0 Å². The van der Waals surface area contributed by atoms with E-state index in [0.717, 1.165) is 11.1 Å². The van der Waals surface area contributed by atoms with E-state index in [1.807, 2.05) is 0 Å². The van der Waals surface area contributed by atoms with Crippen LogP contribution in [0.15, 0.2) is 54.9 Å². The van der Waals surface area contributed by atoms with Crippen LogP contribution in [0.25, 0.3) is 22.5 Å². The van der Waals surface area contributed by atoms with Crippen molar-refractivity contribution in [2.75, 3.05) is 0 Å². The lowest BCUT2D eigenvalue weighted by atomic mass is 10.00. The summed E-state index contributed by atoms with van der Waals surface area (Å²) >= 11 is 0. The second kappa shape index (κ2) is 5.92. The smallest absolute Gasteiger partial charge is 0.258 e. The van der Waals surface area contributed by atoms with E-state index >= 15 is 0 Å². The lowest BCUT2D eigenvalue weighted by molar-refractivity contribution is -0.384. The van der Waals surface area contributed by atoms with Gasteiger partial charge in [0.05, 0.1) is 16.3 Å². The van der Waals surface area contributed by atoms with Gasteiger partial charge in [0.1, 0.15) is 5.82 Å². The van der Waals surface area contributed by atoms with Crippen molar-refractivity contribution < 1.29 is 9.31 Å². The van der Waals surface area contributed by atoms with Crippen molar-refractivity contribution >= 4 is 5.69 Å². The van der Waals surface area contributed by atoms with Gasteiger partial charge in [-0.1, -0.05) is 0 Å². The second-order valence-corrected chi connectivity index (χ2v) is 5.02. The third-order valence-corrected chi connectivity index (χ3v) is 3.49. The van der Waals surface area contributed by atoms with E-state index in [1.54, 1.807) is 37.5 Å². The van der Waals surface area contributed by atoms with E-state index in [0.29, 0.717) is 17.0 Å². The average molecular weight is 309 g/mol. The summed E-state index contributed by atoms with van der Waals surface area (Å²) in [5, 5.41) is 10.8. The summed E-state index contributed by atoms with van der Waals surface area (Å²) in [6.07, 6.45) is 3.12. The molecule has 0 atom stereocenters. The molecular weight excluding hydrogens is 297 g/mol. The summed E-state index contributed by atoms with van der Waals surface area (Å²) in [5.74, 6) is -0.313. The first-order valence-electron chi connectivity index (χ1n) is 6.88. The minimum atomic E-state index is -0.453. The molecule has 0 unspecified atom stereocenters. The van der Waals surface area contributed by atoms with Gasteiger partial charge in [0.2, 0.25) is 0 Å². The number of non-ortho nitro benzene ring substituents is 1. The van der Waals surface area contributed by atoms with Crippen LogP contribution in [0.2, 0.25) is 0 Å². The highest BCUT2D eigenvalue weighted by molar-refractivity contribution is 5.79. The zero-order chi connectivity index (χ0) is 16.4. The van der Waals surface area contributed by atoms with Crippen molar-refractivity contribution in [3.8, 4) is 22.5 Å². The fourth-order valence-electron chi connectivity index (χ4n) is 2.38. The predicted molar refractivity (Wildman–Crippen MR) is 84.3 cm³/mol. The summed E-state index contributed by atoms with van der Waals surface area (Å²) in [6.45, 7) is 1.80. The van der Waals surface area contributed by atoms with Crippen LogP contribution < -0.4 is 0 Å². The molecule has 0 saturated carbocycles. The number of hydrogen-bond acceptors (Lipinski definition) is 4. The molecule has 2 aromatic carbocycles. The molecule has 0 N–H and O–H groups in total. The SMILES string of the molecule is Cc1cc(F)ccc1-c1nccnc1-c1ccc([N+](=O)[O-])cc1. The average Bonchev–Trinajstić information content (AvgIpc) is 2.55. The van der Waals surface area contributed by atoms with Crippen molar-refractivity contribution in [3.63, 3.8) is 0 Å². The van der Waals surface area contributed by atoms with E-state index < -0.39 is 4.92 Å². The third kappa shape index (κ3) is 2.91. The Labute approximate surface area is 131 Å². The van der Waals surface area contributed by atoms with Gasteiger partial charge in [0, 0.05) is 35.7 Å². The van der Waals surface area contributed by atoms with Gasteiger partial charge < -0.3 is 0 Å². The number of aromatic nitrogens is 2. The van der Waals surface area contributed by atoms with Crippen molar-refractivity contribution in [1.29, 1.82) is 0 Å². The molecule has 0 fully saturated rings. The first kappa shape index (κ1) is 14.8. The van der Waals surface area contributed by atoms with Crippen molar-refractivity contribution in [3.05, 3.63) is 76.4 Å². The summed E-state index contributed by atoms with van der Waals surface area (Å²) in [4.78, 5) is 19.0. The molecule has 0 saturated heterocycles. The van der Waals surface area contributed by atoms with Gasteiger partial charge in [0.15, 0.2) is 0 Å². The van der Waals surface area contributed by atoms with E-state index in [1.165, 1.54) is 24.3 Å². The van der Waals surface area contributed by atoms with Gasteiger partial charge in [-0.3, -0.25) is 20.1 Å². The van der Waals surface area contributed by atoms with E-state index in [4.69, 9.17) is 0 Å². The molecule has 3 rings (SSSR count). The fraction of sp³-hybridized carbons (Fsp3) is 0.0588. The number of benzene rings is 2. The number of nitrogens with zero attached hydrogens (tertiary/aromatic N) is 3. The van der Waals surface area contributed by atoms with Gasteiger partial charge in [-0.05, 0) is 42.8 Å². The molecule has 0 radical (unpaired) electrons. The normalized spacial score (nSPS) is 10.5. The van der Waals surface area contributed by atoms with Crippen LogP contribution in [0, 0.1) is 22.9 Å². The first-order chi connectivity index (χ1) is 11.1. The summed E-state index contributed by atoms with van der Waals surface area (Å²) < 4.78 is 13.3. The predicted octanol–water partition coefficient (Wildman–Crippen LogP) is 4.17. The third-order valence-electron chi connectivity index (χ3n) is 3.49. The highest BCUT2D eigenvalue weighted by Gasteiger charge is 2.14. The molecule has 1 heterocycles. The lowest BCUT2D eigenvalue weighted by Crippen LogP contribution is -1.95. The maximum atomic E-state index is 13.3.